The summed E-state index contributed by atoms with van der Waals surface area (Å²) in [6.45, 7) is 0. The molecule has 1 saturated carbocycles. The van der Waals surface area contributed by atoms with Crippen LogP contribution in [0.15, 0.2) is 54.6 Å². The third-order valence-electron chi connectivity index (χ3n) is 5.22. The van der Waals surface area contributed by atoms with Crippen LogP contribution in [0.25, 0.3) is 0 Å². The molecular formula is C23H13Cl6FN2O2. The van der Waals surface area contributed by atoms with E-state index in [9.17, 15) is 14.0 Å². The molecule has 0 radical (unpaired) electrons. The minimum absolute atomic E-state index is 0.00534. The molecule has 2 atom stereocenters. The lowest BCUT2D eigenvalue weighted by atomic mass is 10.1. The highest BCUT2D eigenvalue weighted by Crippen LogP contribution is 2.65. The second kappa shape index (κ2) is 9.73. The van der Waals surface area contributed by atoms with Gasteiger partial charge in [0.25, 0.3) is 5.91 Å². The molecule has 0 aliphatic heterocycles. The summed E-state index contributed by atoms with van der Waals surface area (Å²) in [5.41, 5.74) is 1.19. The van der Waals surface area contributed by atoms with Gasteiger partial charge in [-0.2, -0.15) is 0 Å². The molecule has 11 heteroatoms. The lowest BCUT2D eigenvalue weighted by Gasteiger charge is -2.12. The van der Waals surface area contributed by atoms with Gasteiger partial charge in [-0.15, -0.1) is 23.2 Å². The first-order valence-electron chi connectivity index (χ1n) is 9.68. The van der Waals surface area contributed by atoms with Crippen molar-refractivity contribution in [3.8, 4) is 0 Å². The second-order valence-electron chi connectivity index (χ2n) is 7.60. The highest BCUT2D eigenvalue weighted by Gasteiger charge is 2.67. The molecule has 1 fully saturated rings. The number of nitrogens with one attached hydrogen (secondary N) is 2. The Morgan fingerprint density at radius 2 is 1.44 bits per heavy atom. The van der Waals surface area contributed by atoms with E-state index in [1.54, 1.807) is 18.2 Å². The fourth-order valence-electron chi connectivity index (χ4n) is 3.60. The van der Waals surface area contributed by atoms with Crippen molar-refractivity contribution in [3.05, 3.63) is 91.6 Å². The Morgan fingerprint density at radius 3 is 2.06 bits per heavy atom. The van der Waals surface area contributed by atoms with Crippen molar-refractivity contribution in [2.75, 3.05) is 10.6 Å². The summed E-state index contributed by atoms with van der Waals surface area (Å²) in [5.74, 6) is -2.89. The zero-order valence-corrected chi connectivity index (χ0v) is 21.3. The van der Waals surface area contributed by atoms with Crippen molar-refractivity contribution in [3.63, 3.8) is 0 Å². The normalized spacial score (nSPS) is 18.3. The van der Waals surface area contributed by atoms with Crippen LogP contribution >= 0.6 is 69.6 Å². The number of benzene rings is 3. The predicted octanol–water partition coefficient (Wildman–Crippen LogP) is 8.22. The van der Waals surface area contributed by atoms with Gasteiger partial charge in [0.15, 0.2) is 0 Å². The summed E-state index contributed by atoms with van der Waals surface area (Å²) < 4.78 is 11.7. The van der Waals surface area contributed by atoms with Crippen molar-refractivity contribution in [1.82, 2.24) is 0 Å². The van der Waals surface area contributed by atoms with E-state index in [0.29, 0.717) is 21.3 Å². The smallest absolute Gasteiger partial charge is 0.257 e. The number of carbonyl (C=O) groups is 2. The van der Waals surface area contributed by atoms with Crippen molar-refractivity contribution >= 4 is 92.8 Å². The molecule has 0 aromatic heterocycles. The van der Waals surface area contributed by atoms with Gasteiger partial charge < -0.3 is 10.6 Å². The van der Waals surface area contributed by atoms with Crippen LogP contribution < -0.4 is 10.6 Å². The lowest BCUT2D eigenvalue weighted by Crippen LogP contribution is -2.18. The van der Waals surface area contributed by atoms with Crippen LogP contribution in [0.4, 0.5) is 15.8 Å². The summed E-state index contributed by atoms with van der Waals surface area (Å²) >= 11 is 37.3. The van der Waals surface area contributed by atoms with Crippen molar-refractivity contribution in [2.45, 2.75) is 10.3 Å². The predicted molar refractivity (Wildman–Crippen MR) is 137 cm³/mol. The maximum atomic E-state index is 13.1. The van der Waals surface area contributed by atoms with Crippen molar-refractivity contribution < 1.29 is 14.0 Å². The molecule has 4 nitrogen and oxygen atoms in total. The first kappa shape index (κ1) is 25.4. The van der Waals surface area contributed by atoms with Crippen molar-refractivity contribution in [2.24, 2.45) is 5.92 Å². The Hall–Kier alpha value is -1.73. The summed E-state index contributed by atoms with van der Waals surface area (Å²) in [4.78, 5) is 25.7. The number of anilines is 2. The SMILES string of the molecule is O=C(Nc1ccc(F)cc1)c1cc(NC(=O)[C@H]2[C@H](c3cc(Cl)cc(Cl)c3)C2(Cl)Cl)cc(Cl)c1Cl. The molecule has 34 heavy (non-hydrogen) atoms. The van der Waals surface area contributed by atoms with Gasteiger partial charge >= 0.3 is 0 Å². The second-order valence-corrected chi connectivity index (χ2v) is 10.7. The molecule has 1 aliphatic rings. The van der Waals surface area contributed by atoms with Gasteiger partial charge in [-0.05, 0) is 60.2 Å². The largest absolute Gasteiger partial charge is 0.326 e. The zero-order valence-electron chi connectivity index (χ0n) is 16.8. The molecule has 1 aliphatic carbocycles. The van der Waals surface area contributed by atoms with Crippen LogP contribution in [0.1, 0.15) is 21.8 Å². The average Bonchev–Trinajstić information content (AvgIpc) is 3.33. The maximum Gasteiger partial charge on any atom is 0.257 e. The van der Waals surface area contributed by atoms with E-state index in [1.807, 2.05) is 0 Å². The summed E-state index contributed by atoms with van der Waals surface area (Å²) in [6.07, 6.45) is 0. The number of amides is 2. The number of halogens is 7. The standard InChI is InChI=1S/C23H13Cl6FN2O2/c24-11-5-10(6-12(25)7-11)18-19(23(18,28)29)22(34)32-15-8-16(20(27)17(26)9-15)21(33)31-14-3-1-13(30)2-4-14/h1-9,18-19H,(H,31,33)(H,32,34)/t18-,19+/m0/s1. The van der Waals surface area contributed by atoms with E-state index in [-0.39, 0.29) is 21.3 Å². The number of alkyl halides is 2. The van der Waals surface area contributed by atoms with Crippen molar-refractivity contribution in [1.29, 1.82) is 0 Å². The highest BCUT2D eigenvalue weighted by molar-refractivity contribution is 6.53. The Kier molecular flexibility index (Phi) is 7.26. The van der Waals surface area contributed by atoms with Gasteiger partial charge in [0.2, 0.25) is 5.91 Å². The van der Waals surface area contributed by atoms with E-state index < -0.39 is 33.8 Å². The molecule has 0 spiro atoms. The Balaban J connectivity index is 1.54. The molecule has 3 aromatic rings. The van der Waals surface area contributed by atoms with Crippen LogP contribution in [0.2, 0.25) is 20.1 Å². The third-order valence-corrected chi connectivity index (χ3v) is 7.40. The zero-order chi connectivity index (χ0) is 24.8. The third kappa shape index (κ3) is 5.25. The van der Waals surface area contributed by atoms with E-state index in [2.05, 4.69) is 10.6 Å². The first-order valence-corrected chi connectivity index (χ1v) is 11.9. The lowest BCUT2D eigenvalue weighted by molar-refractivity contribution is -0.117. The van der Waals surface area contributed by atoms with Gasteiger partial charge in [0, 0.05) is 27.3 Å². The minimum Gasteiger partial charge on any atom is -0.326 e. The molecule has 0 saturated heterocycles. The van der Waals surface area contributed by atoms with Crippen LogP contribution in [-0.4, -0.2) is 16.1 Å². The number of hydrogen-bond donors (Lipinski definition) is 2. The number of hydrogen-bond acceptors (Lipinski definition) is 2. The van der Waals surface area contributed by atoms with Crippen LogP contribution in [-0.2, 0) is 4.79 Å². The summed E-state index contributed by atoms with van der Waals surface area (Å²) in [5, 5.41) is 6.07. The van der Waals surface area contributed by atoms with Gasteiger partial charge in [-0.25, -0.2) is 4.39 Å². The molecule has 0 unspecified atom stereocenters. The molecule has 0 bridgehead atoms. The number of carbonyl (C=O) groups excluding carboxylic acids is 2. The fourth-order valence-corrected chi connectivity index (χ4v) is 5.39. The Labute approximate surface area is 224 Å². The molecule has 176 valence electrons. The van der Waals surface area contributed by atoms with Gasteiger partial charge in [-0.3, -0.25) is 9.59 Å². The topological polar surface area (TPSA) is 58.2 Å². The molecule has 4 rings (SSSR count). The first-order chi connectivity index (χ1) is 16.0. The van der Waals surface area contributed by atoms with Crippen LogP contribution in [0.3, 0.4) is 0 Å². The summed E-state index contributed by atoms with van der Waals surface area (Å²) in [7, 11) is 0. The van der Waals surface area contributed by atoms with E-state index in [4.69, 9.17) is 69.6 Å². The molecule has 0 heterocycles. The van der Waals surface area contributed by atoms with E-state index in [1.165, 1.54) is 36.4 Å². The van der Waals surface area contributed by atoms with Gasteiger partial charge in [0.1, 0.15) is 10.2 Å². The fraction of sp³-hybridized carbons (Fsp3) is 0.130. The van der Waals surface area contributed by atoms with E-state index >= 15 is 0 Å². The van der Waals surface area contributed by atoms with E-state index in [0.717, 1.165) is 0 Å². The maximum absolute atomic E-state index is 13.1. The Morgan fingerprint density at radius 1 is 0.824 bits per heavy atom. The van der Waals surface area contributed by atoms with Gasteiger partial charge in [0.05, 0.1) is 21.5 Å². The Bertz CT molecular complexity index is 1280. The van der Waals surface area contributed by atoms with Crippen LogP contribution in [0.5, 0.6) is 0 Å². The summed E-state index contributed by atoms with van der Waals surface area (Å²) in [6, 6.07) is 12.8. The molecule has 2 N–H and O–H groups in total. The average molecular weight is 581 g/mol. The quantitative estimate of drug-likeness (QED) is 0.299. The molecule has 2 amide bonds. The number of rotatable bonds is 5. The molecule has 3 aromatic carbocycles. The van der Waals surface area contributed by atoms with Crippen LogP contribution in [0, 0.1) is 11.7 Å². The highest BCUT2D eigenvalue weighted by atomic mass is 35.5. The van der Waals surface area contributed by atoms with Gasteiger partial charge in [-0.1, -0.05) is 46.4 Å². The monoisotopic (exact) mass is 578 g/mol. The molecular weight excluding hydrogens is 568 g/mol. The minimum atomic E-state index is -1.38.